The molecule has 0 saturated heterocycles. The summed E-state index contributed by atoms with van der Waals surface area (Å²) in [5, 5.41) is 0. The fourth-order valence-electron chi connectivity index (χ4n) is 1.27. The molecule has 0 atom stereocenters. The first kappa shape index (κ1) is 15.3. The van der Waals surface area contributed by atoms with Gasteiger partial charge in [0.25, 0.3) is 0 Å². The van der Waals surface area contributed by atoms with Gasteiger partial charge in [-0.3, -0.25) is 4.79 Å². The Labute approximate surface area is 111 Å². The summed E-state index contributed by atoms with van der Waals surface area (Å²) in [6.45, 7) is 0. The Bertz CT molecular complexity index is 462. The maximum Gasteiger partial charge on any atom is 0.417 e. The molecule has 0 amide bonds. The molecule has 0 bridgehead atoms. The van der Waals surface area contributed by atoms with Gasteiger partial charge in [-0.2, -0.15) is 26.3 Å². The van der Waals surface area contributed by atoms with E-state index in [1.165, 1.54) is 0 Å². The standard InChI is InChI=1S/C10H5F6IO/c11-9(12,13)5-1-2-6(8(18)4-17)7(3-5)10(14,15)16/h1-3H,4H2. The van der Waals surface area contributed by atoms with E-state index < -0.39 is 34.8 Å². The van der Waals surface area contributed by atoms with Gasteiger partial charge >= 0.3 is 12.4 Å². The van der Waals surface area contributed by atoms with Crippen LogP contribution >= 0.6 is 22.6 Å². The molecule has 0 aliphatic rings. The van der Waals surface area contributed by atoms with E-state index in [9.17, 15) is 31.1 Å². The molecular weight excluding hydrogens is 377 g/mol. The van der Waals surface area contributed by atoms with E-state index in [-0.39, 0.29) is 10.5 Å². The van der Waals surface area contributed by atoms with Crippen molar-refractivity contribution in [2.75, 3.05) is 4.43 Å². The summed E-state index contributed by atoms with van der Waals surface area (Å²) in [7, 11) is 0. The predicted octanol–water partition coefficient (Wildman–Crippen LogP) is 4.34. The molecule has 0 N–H and O–H groups in total. The second kappa shape index (κ2) is 5.06. The highest BCUT2D eigenvalue weighted by molar-refractivity contribution is 14.1. The van der Waals surface area contributed by atoms with Crippen molar-refractivity contribution >= 4 is 28.4 Å². The normalized spacial score (nSPS) is 12.6. The summed E-state index contributed by atoms with van der Waals surface area (Å²) < 4.78 is 74.5. The Morgan fingerprint density at radius 1 is 1.06 bits per heavy atom. The van der Waals surface area contributed by atoms with Crippen molar-refractivity contribution in [3.63, 3.8) is 0 Å². The molecule has 0 heterocycles. The second-order valence-electron chi connectivity index (χ2n) is 3.31. The van der Waals surface area contributed by atoms with Crippen molar-refractivity contribution in [1.82, 2.24) is 0 Å². The Kier molecular flexibility index (Phi) is 4.29. The first-order chi connectivity index (χ1) is 8.07. The molecule has 0 saturated carbocycles. The average Bonchev–Trinajstić information content (AvgIpc) is 2.24. The van der Waals surface area contributed by atoms with Crippen LogP contribution in [0.1, 0.15) is 21.5 Å². The van der Waals surface area contributed by atoms with Crippen LogP contribution in [0.5, 0.6) is 0 Å². The number of carbonyl (C=O) groups is 1. The number of rotatable bonds is 2. The van der Waals surface area contributed by atoms with Gasteiger partial charge in [-0.25, -0.2) is 0 Å². The van der Waals surface area contributed by atoms with Crippen molar-refractivity contribution in [3.05, 3.63) is 34.9 Å². The van der Waals surface area contributed by atoms with Crippen LogP contribution in [-0.4, -0.2) is 10.2 Å². The maximum absolute atomic E-state index is 12.6. The molecule has 8 heteroatoms. The van der Waals surface area contributed by atoms with E-state index in [1.54, 1.807) is 22.6 Å². The van der Waals surface area contributed by atoms with Crippen LogP contribution in [0.2, 0.25) is 0 Å². The van der Waals surface area contributed by atoms with Gasteiger partial charge in [-0.15, -0.1) is 0 Å². The summed E-state index contributed by atoms with van der Waals surface area (Å²) in [6, 6.07) is 0.987. The first-order valence-corrected chi connectivity index (χ1v) is 5.97. The fraction of sp³-hybridized carbons (Fsp3) is 0.300. The Morgan fingerprint density at radius 3 is 2.00 bits per heavy atom. The van der Waals surface area contributed by atoms with Crippen LogP contribution in [0.25, 0.3) is 0 Å². The first-order valence-electron chi connectivity index (χ1n) is 4.45. The van der Waals surface area contributed by atoms with Gasteiger partial charge in [0.15, 0.2) is 5.78 Å². The minimum Gasteiger partial charge on any atom is -0.293 e. The Morgan fingerprint density at radius 2 is 1.61 bits per heavy atom. The van der Waals surface area contributed by atoms with Crippen molar-refractivity contribution < 1.29 is 31.1 Å². The van der Waals surface area contributed by atoms with Crippen molar-refractivity contribution in [3.8, 4) is 0 Å². The molecule has 1 rings (SSSR count). The van der Waals surface area contributed by atoms with Crippen LogP contribution in [-0.2, 0) is 12.4 Å². The highest BCUT2D eigenvalue weighted by Crippen LogP contribution is 2.37. The third-order valence-corrected chi connectivity index (χ3v) is 2.77. The summed E-state index contributed by atoms with van der Waals surface area (Å²) in [5.41, 5.74) is -3.73. The number of hydrogen-bond donors (Lipinski definition) is 0. The van der Waals surface area contributed by atoms with Gasteiger partial charge in [0, 0.05) is 5.56 Å². The molecule has 1 aromatic rings. The Hall–Kier alpha value is -0.800. The van der Waals surface area contributed by atoms with Gasteiger partial charge in [0.1, 0.15) is 0 Å². The van der Waals surface area contributed by atoms with Gasteiger partial charge in [0.05, 0.1) is 15.6 Å². The summed E-state index contributed by atoms with van der Waals surface area (Å²) in [6.07, 6.45) is -9.88. The van der Waals surface area contributed by atoms with E-state index in [4.69, 9.17) is 0 Å². The lowest BCUT2D eigenvalue weighted by atomic mass is 10.0. The number of ketones is 1. The molecule has 0 aromatic heterocycles. The molecule has 1 aromatic carbocycles. The third kappa shape index (κ3) is 3.36. The molecule has 0 radical (unpaired) electrons. The predicted molar refractivity (Wildman–Crippen MR) is 59.7 cm³/mol. The monoisotopic (exact) mass is 382 g/mol. The maximum atomic E-state index is 12.6. The molecule has 0 spiro atoms. The number of hydrogen-bond acceptors (Lipinski definition) is 1. The van der Waals surface area contributed by atoms with Gasteiger partial charge in [0.2, 0.25) is 0 Å². The van der Waals surface area contributed by atoms with E-state index >= 15 is 0 Å². The highest BCUT2D eigenvalue weighted by Gasteiger charge is 2.39. The van der Waals surface area contributed by atoms with Crippen molar-refractivity contribution in [2.24, 2.45) is 0 Å². The molecule has 100 valence electrons. The van der Waals surface area contributed by atoms with E-state index in [2.05, 4.69) is 0 Å². The van der Waals surface area contributed by atoms with Gasteiger partial charge in [-0.05, 0) is 12.1 Å². The van der Waals surface area contributed by atoms with Crippen LogP contribution in [0.15, 0.2) is 18.2 Å². The van der Waals surface area contributed by atoms with Gasteiger partial charge in [-0.1, -0.05) is 28.7 Å². The van der Waals surface area contributed by atoms with Crippen LogP contribution in [0.3, 0.4) is 0 Å². The number of alkyl halides is 7. The highest BCUT2D eigenvalue weighted by atomic mass is 127. The van der Waals surface area contributed by atoms with E-state index in [0.29, 0.717) is 12.1 Å². The zero-order valence-electron chi connectivity index (χ0n) is 8.49. The molecule has 18 heavy (non-hydrogen) atoms. The number of benzene rings is 1. The molecule has 1 nitrogen and oxygen atoms in total. The largest absolute Gasteiger partial charge is 0.417 e. The second-order valence-corrected chi connectivity index (χ2v) is 4.08. The van der Waals surface area contributed by atoms with Crippen LogP contribution in [0, 0.1) is 0 Å². The fourth-order valence-corrected chi connectivity index (χ4v) is 1.68. The van der Waals surface area contributed by atoms with Gasteiger partial charge < -0.3 is 0 Å². The molecule has 0 aliphatic carbocycles. The minimum absolute atomic E-state index is 0.0421. The number of Topliss-reactive ketones (excluding diaryl/α,β-unsaturated/α-hetero) is 1. The third-order valence-electron chi connectivity index (χ3n) is 2.07. The lowest BCUT2D eigenvalue weighted by Gasteiger charge is -2.14. The van der Waals surface area contributed by atoms with Crippen LogP contribution < -0.4 is 0 Å². The number of carbonyl (C=O) groups excluding carboxylic acids is 1. The molecule has 0 aliphatic heterocycles. The lowest BCUT2D eigenvalue weighted by molar-refractivity contribution is -0.143. The topological polar surface area (TPSA) is 17.1 Å². The smallest absolute Gasteiger partial charge is 0.293 e. The minimum atomic E-state index is -5.00. The van der Waals surface area contributed by atoms with Crippen molar-refractivity contribution in [2.45, 2.75) is 12.4 Å². The summed E-state index contributed by atoms with van der Waals surface area (Å²) in [5.74, 6) is -0.864. The van der Waals surface area contributed by atoms with E-state index in [1.807, 2.05) is 0 Å². The zero-order chi connectivity index (χ0) is 14.1. The SMILES string of the molecule is O=C(CI)c1ccc(C(F)(F)F)cc1C(F)(F)F. The molecule has 0 fully saturated rings. The summed E-state index contributed by atoms with van der Waals surface area (Å²) >= 11 is 1.55. The van der Waals surface area contributed by atoms with Crippen LogP contribution in [0.4, 0.5) is 26.3 Å². The van der Waals surface area contributed by atoms with E-state index in [0.717, 1.165) is 0 Å². The zero-order valence-corrected chi connectivity index (χ0v) is 10.7. The summed E-state index contributed by atoms with van der Waals surface area (Å²) in [4.78, 5) is 11.3. The quantitative estimate of drug-likeness (QED) is 0.322. The Balaban J connectivity index is 3.44. The van der Waals surface area contributed by atoms with Crippen molar-refractivity contribution in [1.29, 1.82) is 0 Å². The number of halogens is 7. The lowest BCUT2D eigenvalue weighted by Crippen LogP contribution is -2.16. The molecular formula is C10H5F6IO. The average molecular weight is 382 g/mol. The molecule has 0 unspecified atom stereocenters.